The van der Waals surface area contributed by atoms with E-state index in [9.17, 15) is 33.9 Å². The van der Waals surface area contributed by atoms with Crippen molar-refractivity contribution in [1.82, 2.24) is 31.5 Å². The first-order chi connectivity index (χ1) is 31.0. The number of aliphatic carboxylic acids is 1. The van der Waals surface area contributed by atoms with Gasteiger partial charge >= 0.3 is 5.97 Å². The Bertz CT molecular complexity index is 2170. The average molecular weight is 871 g/mol. The third kappa shape index (κ3) is 13.0. The maximum Gasteiger partial charge on any atom is 0.305 e. The van der Waals surface area contributed by atoms with Crippen LogP contribution in [0.15, 0.2) is 121 Å². The summed E-state index contributed by atoms with van der Waals surface area (Å²) in [4.78, 5) is 83.4. The van der Waals surface area contributed by atoms with E-state index < -0.39 is 54.3 Å². The monoisotopic (exact) mass is 870 g/mol. The van der Waals surface area contributed by atoms with Crippen molar-refractivity contribution in [3.8, 4) is 0 Å². The number of hydrogen-bond donors (Lipinski definition) is 8. The molecule has 5 amide bonds. The number of carboxylic acid groups (broad SMARTS) is 1. The van der Waals surface area contributed by atoms with Crippen LogP contribution in [0.5, 0.6) is 0 Å². The lowest BCUT2D eigenvalue weighted by Crippen LogP contribution is -2.61. The minimum atomic E-state index is -1.47. The molecule has 0 spiro atoms. The molecule has 0 saturated carbocycles. The van der Waals surface area contributed by atoms with E-state index in [1.165, 1.54) is 0 Å². The zero-order valence-electron chi connectivity index (χ0n) is 35.8. The maximum absolute atomic E-state index is 14.5. The van der Waals surface area contributed by atoms with Crippen LogP contribution in [-0.2, 0) is 41.6 Å². The Morgan fingerprint density at radius 3 is 1.91 bits per heavy atom. The molecule has 0 radical (unpaired) electrons. The predicted molar refractivity (Wildman–Crippen MR) is 242 cm³/mol. The molecule has 15 heteroatoms. The molecule has 6 rings (SSSR count). The van der Waals surface area contributed by atoms with Gasteiger partial charge in [-0.2, -0.15) is 0 Å². The quantitative estimate of drug-likeness (QED) is 0.0348. The molecule has 1 unspecified atom stereocenters. The van der Waals surface area contributed by atoms with Gasteiger partial charge in [-0.1, -0.05) is 121 Å². The van der Waals surface area contributed by atoms with Crippen LogP contribution in [0.3, 0.4) is 0 Å². The lowest BCUT2D eigenvalue weighted by atomic mass is 9.86. The Hall–Kier alpha value is -7.03. The van der Waals surface area contributed by atoms with E-state index in [-0.39, 0.29) is 68.0 Å². The van der Waals surface area contributed by atoms with Gasteiger partial charge < -0.3 is 42.3 Å². The summed E-state index contributed by atoms with van der Waals surface area (Å²) in [6.07, 6.45) is 2.03. The van der Waals surface area contributed by atoms with Gasteiger partial charge in [0, 0.05) is 25.0 Å². The zero-order chi connectivity index (χ0) is 45.4. The predicted octanol–water partition coefficient (Wildman–Crippen LogP) is 3.38. The van der Waals surface area contributed by atoms with Crippen molar-refractivity contribution >= 4 is 41.5 Å². The number of nitrogens with zero attached hydrogens (tertiary/aromatic N) is 1. The molecule has 64 heavy (non-hydrogen) atoms. The second kappa shape index (κ2) is 22.9. The van der Waals surface area contributed by atoms with Crippen molar-refractivity contribution in [3.05, 3.63) is 144 Å². The van der Waals surface area contributed by atoms with Gasteiger partial charge in [0.25, 0.3) is 0 Å². The molecule has 0 aliphatic carbocycles. The van der Waals surface area contributed by atoms with Crippen LogP contribution in [-0.4, -0.2) is 94.8 Å². The van der Waals surface area contributed by atoms with Crippen LogP contribution in [0.1, 0.15) is 73.1 Å². The summed E-state index contributed by atoms with van der Waals surface area (Å²) < 4.78 is 0. The second-order valence-electron chi connectivity index (χ2n) is 16.5. The molecule has 4 aromatic carbocycles. The third-order valence-electron chi connectivity index (χ3n) is 12.0. The van der Waals surface area contributed by atoms with E-state index in [0.717, 1.165) is 22.3 Å². The lowest BCUT2D eigenvalue weighted by molar-refractivity contribution is -0.147. The number of amides is 5. The molecule has 2 saturated heterocycles. The van der Waals surface area contributed by atoms with Crippen molar-refractivity contribution in [2.24, 2.45) is 11.7 Å². The zero-order valence-corrected chi connectivity index (χ0v) is 35.8. The van der Waals surface area contributed by atoms with E-state index in [1.807, 2.05) is 121 Å². The Morgan fingerprint density at radius 2 is 1.31 bits per heavy atom. The first-order valence-electron chi connectivity index (χ1n) is 21.9. The van der Waals surface area contributed by atoms with Crippen molar-refractivity contribution < 1.29 is 33.9 Å². The van der Waals surface area contributed by atoms with Gasteiger partial charge in [0.2, 0.25) is 29.5 Å². The number of nitrogens with two attached hydrogens (primary N) is 1. The molecule has 9 N–H and O–H groups in total. The smallest absolute Gasteiger partial charge is 0.305 e. The Labute approximate surface area is 373 Å². The largest absolute Gasteiger partial charge is 0.481 e. The normalized spacial score (nSPS) is 18.8. The van der Waals surface area contributed by atoms with E-state index in [4.69, 9.17) is 11.1 Å². The van der Waals surface area contributed by atoms with Crippen LogP contribution in [0.2, 0.25) is 0 Å². The maximum atomic E-state index is 14.5. The average Bonchev–Trinajstić information content (AvgIpc) is 3.66. The number of carbonyl (C=O) groups is 6. The number of rotatable bonds is 21. The standard InChI is InChI=1S/C49H58N8O7/c50-49(51)53-26-13-22-38(46(62)56-40(31-44(59)60)45(61)52-27-25-37(34-18-9-3-10-19-34)35-20-11-4-12-21-35)55-47(63)42-30-36(28-32-14-5-1-6-15-32)41-24-23-39(48(64)57(41)42)54-43(58)29-33-16-7-2-8-17-33/h1-12,14-21,36-42H,13,22-31H2,(H,52,61)(H,54,58)(H,55,63)(H,56,62)(H,59,60)(H4,50,51,53)/t36-,38-,39?,40-,41-,42-/m0/s1. The molecule has 2 aliphatic heterocycles. The van der Waals surface area contributed by atoms with E-state index in [0.29, 0.717) is 32.1 Å². The summed E-state index contributed by atoms with van der Waals surface area (Å²) in [5.41, 5.74) is 9.43. The summed E-state index contributed by atoms with van der Waals surface area (Å²) >= 11 is 0. The van der Waals surface area contributed by atoms with Gasteiger partial charge in [-0.05, 0) is 73.1 Å². The van der Waals surface area contributed by atoms with E-state index in [2.05, 4.69) is 26.6 Å². The van der Waals surface area contributed by atoms with Crippen LogP contribution >= 0.6 is 0 Å². The van der Waals surface area contributed by atoms with E-state index in [1.54, 1.807) is 4.90 Å². The SMILES string of the molecule is N=C(N)NCCC[C@H](NC(=O)[C@@H]1C[C@H](Cc2ccccc2)[C@@H]2CCC(NC(=O)Cc3ccccc3)C(=O)N12)C(=O)N[C@@H](CC(=O)O)C(=O)NCCC(c1ccccc1)c1ccccc1. The lowest BCUT2D eigenvalue weighted by Gasteiger charge is -2.39. The molecule has 2 aliphatic rings. The van der Waals surface area contributed by atoms with Gasteiger partial charge in [-0.25, -0.2) is 0 Å². The highest BCUT2D eigenvalue weighted by Gasteiger charge is 2.51. The minimum Gasteiger partial charge on any atom is -0.481 e. The molecule has 4 aromatic rings. The number of hydrogen-bond acceptors (Lipinski definition) is 7. The third-order valence-corrected chi connectivity index (χ3v) is 12.0. The fourth-order valence-corrected chi connectivity index (χ4v) is 8.96. The number of benzene rings is 4. The Kier molecular flexibility index (Phi) is 16.6. The van der Waals surface area contributed by atoms with Crippen LogP contribution in [0.4, 0.5) is 0 Å². The Balaban J connectivity index is 1.17. The number of guanidine groups is 1. The van der Waals surface area contributed by atoms with Gasteiger partial charge in [-0.3, -0.25) is 34.2 Å². The van der Waals surface area contributed by atoms with Gasteiger partial charge in [0.05, 0.1) is 12.8 Å². The molecule has 15 nitrogen and oxygen atoms in total. The highest BCUT2D eigenvalue weighted by Crippen LogP contribution is 2.39. The first-order valence-corrected chi connectivity index (χ1v) is 21.9. The Morgan fingerprint density at radius 1 is 0.719 bits per heavy atom. The number of carbonyl (C=O) groups excluding carboxylic acids is 5. The first kappa shape index (κ1) is 46.5. The fraction of sp³-hybridized carbons (Fsp3) is 0.367. The molecular weight excluding hydrogens is 813 g/mol. The topological polar surface area (TPSA) is 236 Å². The summed E-state index contributed by atoms with van der Waals surface area (Å²) in [7, 11) is 0. The highest BCUT2D eigenvalue weighted by molar-refractivity contribution is 5.97. The van der Waals surface area contributed by atoms with E-state index >= 15 is 0 Å². The van der Waals surface area contributed by atoms with Gasteiger partial charge in [-0.15, -0.1) is 0 Å². The minimum absolute atomic E-state index is 0.0325. The van der Waals surface area contributed by atoms with Gasteiger partial charge in [0.1, 0.15) is 24.2 Å². The van der Waals surface area contributed by atoms with Gasteiger partial charge in [0.15, 0.2) is 5.96 Å². The summed E-state index contributed by atoms with van der Waals surface area (Å²) in [5, 5.41) is 31.2. The van der Waals surface area contributed by atoms with Crippen LogP contribution < -0.4 is 32.3 Å². The fourth-order valence-electron chi connectivity index (χ4n) is 8.96. The molecule has 0 aromatic heterocycles. The number of fused-ring (bicyclic) bond motifs is 1. The second-order valence-corrected chi connectivity index (χ2v) is 16.5. The summed E-state index contributed by atoms with van der Waals surface area (Å²) in [5.74, 6) is -4.50. The van der Waals surface area contributed by atoms with Crippen LogP contribution in [0.25, 0.3) is 0 Å². The highest BCUT2D eigenvalue weighted by atomic mass is 16.4. The molecular formula is C49H58N8O7. The summed E-state index contributed by atoms with van der Waals surface area (Å²) in [6.45, 7) is 0.373. The van der Waals surface area contributed by atoms with Crippen molar-refractivity contribution in [2.75, 3.05) is 13.1 Å². The molecule has 2 heterocycles. The number of carboxylic acids is 1. The van der Waals surface area contributed by atoms with Crippen LogP contribution in [0, 0.1) is 11.3 Å². The summed E-state index contributed by atoms with van der Waals surface area (Å²) in [6, 6.07) is 33.8. The number of nitrogens with one attached hydrogen (secondary N) is 6. The molecule has 2 fully saturated rings. The van der Waals surface area contributed by atoms with Crippen molar-refractivity contribution in [2.45, 2.75) is 93.9 Å². The number of piperidine rings is 1. The van der Waals surface area contributed by atoms with Crippen molar-refractivity contribution in [1.29, 1.82) is 5.41 Å². The molecule has 336 valence electrons. The molecule has 0 bridgehead atoms. The van der Waals surface area contributed by atoms with Crippen molar-refractivity contribution in [3.63, 3.8) is 0 Å². The molecule has 6 atom stereocenters.